The zero-order chi connectivity index (χ0) is 16.2. The van der Waals surface area contributed by atoms with Crippen molar-refractivity contribution in [2.24, 2.45) is 0 Å². The molecule has 22 heavy (non-hydrogen) atoms. The summed E-state index contributed by atoms with van der Waals surface area (Å²) in [4.78, 5) is 23.1. The van der Waals surface area contributed by atoms with Gasteiger partial charge in [0.2, 0.25) is 0 Å². The fourth-order valence-corrected chi connectivity index (χ4v) is 2.45. The van der Waals surface area contributed by atoms with Crippen molar-refractivity contribution in [3.8, 4) is 0 Å². The number of carbonyl (C=O) groups excluding carboxylic acids is 2. The second-order valence-corrected chi connectivity index (χ2v) is 5.74. The van der Waals surface area contributed by atoms with Crippen LogP contribution in [0.3, 0.4) is 0 Å². The minimum atomic E-state index is -0.682. The van der Waals surface area contributed by atoms with Crippen LogP contribution in [-0.4, -0.2) is 23.5 Å². The van der Waals surface area contributed by atoms with Crippen LogP contribution in [0.1, 0.15) is 71.1 Å². The number of unbranched alkanes of at least 4 members (excludes halogenated alkanes) is 7. The van der Waals surface area contributed by atoms with Gasteiger partial charge in [-0.25, -0.2) is 4.79 Å². The van der Waals surface area contributed by atoms with E-state index in [-0.39, 0.29) is 23.7 Å². The molecule has 4 heteroatoms. The number of hydrogen-bond donors (Lipinski definition) is 1. The van der Waals surface area contributed by atoms with Crippen LogP contribution in [0.4, 0.5) is 0 Å². The molecule has 0 aromatic heterocycles. The van der Waals surface area contributed by atoms with E-state index < -0.39 is 5.97 Å². The maximum Gasteiger partial charge on any atom is 0.345 e. The van der Waals surface area contributed by atoms with Crippen LogP contribution in [0.15, 0.2) is 23.5 Å². The predicted molar refractivity (Wildman–Crippen MR) is 86.6 cm³/mol. The summed E-state index contributed by atoms with van der Waals surface area (Å²) in [5, 5.41) is 9.41. The van der Waals surface area contributed by atoms with Crippen LogP contribution in [0.25, 0.3) is 0 Å². The maximum absolute atomic E-state index is 11.8. The summed E-state index contributed by atoms with van der Waals surface area (Å²) in [7, 11) is 0. The van der Waals surface area contributed by atoms with Gasteiger partial charge in [0, 0.05) is 6.42 Å². The first kappa shape index (κ1) is 18.5. The van der Waals surface area contributed by atoms with E-state index in [0.29, 0.717) is 6.42 Å². The van der Waals surface area contributed by atoms with Crippen LogP contribution < -0.4 is 0 Å². The molecule has 0 atom stereocenters. The zero-order valence-corrected chi connectivity index (χ0v) is 13.6. The standard InChI is InChI=1S/C18H28O4/c1-2-3-4-5-6-7-8-9-10-11-12-13-15(19)17-16(20)14-22-18(17)21/h4-5,20H,2-3,6-14H2,1H3/b5-4-. The second kappa shape index (κ2) is 11.0. The number of aliphatic hydroxyl groups excluding tert-OH is 1. The highest BCUT2D eigenvalue weighted by molar-refractivity contribution is 6.18. The molecule has 0 saturated carbocycles. The number of rotatable bonds is 12. The summed E-state index contributed by atoms with van der Waals surface area (Å²) in [5.74, 6) is -1.19. The summed E-state index contributed by atoms with van der Waals surface area (Å²) >= 11 is 0. The fraction of sp³-hybridized carbons (Fsp3) is 0.667. The molecule has 4 nitrogen and oxygen atoms in total. The van der Waals surface area contributed by atoms with Crippen LogP contribution in [0, 0.1) is 0 Å². The molecule has 1 heterocycles. The van der Waals surface area contributed by atoms with Gasteiger partial charge in [-0.05, 0) is 25.7 Å². The van der Waals surface area contributed by atoms with Crippen molar-refractivity contribution in [2.45, 2.75) is 71.1 Å². The smallest absolute Gasteiger partial charge is 0.345 e. The number of cyclic esters (lactones) is 1. The Morgan fingerprint density at radius 3 is 2.36 bits per heavy atom. The molecule has 0 aromatic rings. The third-order valence-electron chi connectivity index (χ3n) is 3.76. The van der Waals surface area contributed by atoms with Crippen molar-refractivity contribution in [3.63, 3.8) is 0 Å². The highest BCUT2D eigenvalue weighted by Gasteiger charge is 2.29. The summed E-state index contributed by atoms with van der Waals surface area (Å²) in [6.07, 6.45) is 14.9. The minimum absolute atomic E-state index is 0.140. The third kappa shape index (κ3) is 6.92. The Hall–Kier alpha value is -1.58. The van der Waals surface area contributed by atoms with Crippen molar-refractivity contribution in [1.82, 2.24) is 0 Å². The van der Waals surface area contributed by atoms with Gasteiger partial charge in [0.05, 0.1) is 0 Å². The van der Waals surface area contributed by atoms with Crippen molar-refractivity contribution in [1.29, 1.82) is 0 Å². The molecule has 0 aliphatic carbocycles. The average molecular weight is 308 g/mol. The van der Waals surface area contributed by atoms with Crippen molar-refractivity contribution in [2.75, 3.05) is 6.61 Å². The highest BCUT2D eigenvalue weighted by atomic mass is 16.5. The van der Waals surface area contributed by atoms with Crippen molar-refractivity contribution >= 4 is 11.8 Å². The van der Waals surface area contributed by atoms with Crippen LogP contribution in [-0.2, 0) is 14.3 Å². The van der Waals surface area contributed by atoms with E-state index in [9.17, 15) is 14.7 Å². The van der Waals surface area contributed by atoms with Gasteiger partial charge in [0.25, 0.3) is 0 Å². The molecular weight excluding hydrogens is 280 g/mol. The molecule has 0 spiro atoms. The summed E-state index contributed by atoms with van der Waals surface area (Å²) < 4.78 is 4.62. The summed E-state index contributed by atoms with van der Waals surface area (Å²) in [5.41, 5.74) is -0.140. The predicted octanol–water partition coefficient (Wildman–Crippen LogP) is 4.40. The van der Waals surface area contributed by atoms with Crippen LogP contribution in [0.2, 0.25) is 0 Å². The van der Waals surface area contributed by atoms with Crippen LogP contribution in [0.5, 0.6) is 0 Å². The van der Waals surface area contributed by atoms with E-state index in [1.807, 2.05) is 0 Å². The quantitative estimate of drug-likeness (QED) is 0.251. The Kier molecular flexibility index (Phi) is 9.28. The average Bonchev–Trinajstić information content (AvgIpc) is 2.83. The first-order valence-electron chi connectivity index (χ1n) is 8.44. The van der Waals surface area contributed by atoms with Gasteiger partial charge < -0.3 is 9.84 Å². The highest BCUT2D eigenvalue weighted by Crippen LogP contribution is 2.18. The van der Waals surface area contributed by atoms with Gasteiger partial charge >= 0.3 is 5.97 Å². The molecule has 0 amide bonds. The number of aliphatic hydroxyl groups is 1. The normalized spacial score (nSPS) is 14.9. The molecule has 124 valence electrons. The molecule has 1 N–H and O–H groups in total. The first-order chi connectivity index (χ1) is 10.7. The van der Waals surface area contributed by atoms with E-state index in [1.165, 1.54) is 32.1 Å². The third-order valence-corrected chi connectivity index (χ3v) is 3.76. The second-order valence-electron chi connectivity index (χ2n) is 5.74. The van der Waals surface area contributed by atoms with E-state index in [0.717, 1.165) is 25.7 Å². The Morgan fingerprint density at radius 1 is 1.09 bits per heavy atom. The maximum atomic E-state index is 11.8. The van der Waals surface area contributed by atoms with Gasteiger partial charge in [-0.3, -0.25) is 4.79 Å². The van der Waals surface area contributed by atoms with Gasteiger partial charge in [-0.2, -0.15) is 0 Å². The Balaban J connectivity index is 1.99. The lowest BCUT2D eigenvalue weighted by Gasteiger charge is -2.01. The monoisotopic (exact) mass is 308 g/mol. The summed E-state index contributed by atoms with van der Waals surface area (Å²) in [6, 6.07) is 0. The van der Waals surface area contributed by atoms with E-state index in [4.69, 9.17) is 0 Å². The number of ether oxygens (including phenoxy) is 1. The SMILES string of the molecule is CCC/C=C\CCCCCCCCC(=O)C1=C(O)COC1=O. The fourth-order valence-electron chi connectivity index (χ4n) is 2.45. The van der Waals surface area contributed by atoms with Crippen molar-refractivity contribution in [3.05, 3.63) is 23.5 Å². The number of hydrogen-bond acceptors (Lipinski definition) is 4. The van der Waals surface area contributed by atoms with E-state index in [1.54, 1.807) is 0 Å². The van der Waals surface area contributed by atoms with Gasteiger partial charge in [0.15, 0.2) is 5.78 Å². The summed E-state index contributed by atoms with van der Waals surface area (Å²) in [6.45, 7) is 2.02. The molecule has 1 aliphatic heterocycles. The molecule has 0 saturated heterocycles. The van der Waals surface area contributed by atoms with Gasteiger partial charge in [-0.1, -0.05) is 51.2 Å². The molecule has 1 rings (SSSR count). The molecule has 0 unspecified atom stereocenters. The van der Waals surface area contributed by atoms with E-state index >= 15 is 0 Å². The zero-order valence-electron chi connectivity index (χ0n) is 13.6. The Labute approximate surface area is 133 Å². The van der Waals surface area contributed by atoms with E-state index in [2.05, 4.69) is 23.8 Å². The number of Topliss-reactive ketones (excluding diaryl/α,β-unsaturated/α-hetero) is 1. The van der Waals surface area contributed by atoms with Crippen molar-refractivity contribution < 1.29 is 19.4 Å². The molecule has 0 fully saturated rings. The molecule has 0 aromatic carbocycles. The Morgan fingerprint density at radius 2 is 1.73 bits per heavy atom. The number of carbonyl (C=O) groups is 2. The lowest BCUT2D eigenvalue weighted by molar-refractivity contribution is -0.137. The lowest BCUT2D eigenvalue weighted by Crippen LogP contribution is -2.10. The van der Waals surface area contributed by atoms with Gasteiger partial charge in [0.1, 0.15) is 17.9 Å². The lowest BCUT2D eigenvalue weighted by atomic mass is 10.0. The molecule has 0 radical (unpaired) electrons. The molecule has 0 bridgehead atoms. The van der Waals surface area contributed by atoms with Gasteiger partial charge in [-0.15, -0.1) is 0 Å². The van der Waals surface area contributed by atoms with Crippen LogP contribution >= 0.6 is 0 Å². The Bertz CT molecular complexity index is 421. The first-order valence-corrected chi connectivity index (χ1v) is 8.44. The largest absolute Gasteiger partial charge is 0.508 e. The molecule has 1 aliphatic rings. The minimum Gasteiger partial charge on any atom is -0.508 e. The number of allylic oxidation sites excluding steroid dienone is 2. The number of esters is 1. The topological polar surface area (TPSA) is 63.6 Å². The molecular formula is C18H28O4. The number of ketones is 1.